The van der Waals surface area contributed by atoms with E-state index in [9.17, 15) is 4.79 Å². The summed E-state index contributed by atoms with van der Waals surface area (Å²) in [5.74, 6) is 0. The van der Waals surface area contributed by atoms with E-state index < -0.39 is 0 Å². The van der Waals surface area contributed by atoms with Crippen molar-refractivity contribution >= 4 is 11.0 Å². The van der Waals surface area contributed by atoms with Crippen LogP contribution in [0.15, 0.2) is 23.4 Å². The quantitative estimate of drug-likeness (QED) is 0.744. The van der Waals surface area contributed by atoms with Crippen LogP contribution in [0.5, 0.6) is 0 Å². The summed E-state index contributed by atoms with van der Waals surface area (Å²) in [7, 11) is 0. The Morgan fingerprint density at radius 1 is 1.06 bits per heavy atom. The zero-order valence-electron chi connectivity index (χ0n) is 10.5. The molecule has 4 nitrogen and oxygen atoms in total. The number of aromatic nitrogens is 3. The molecule has 0 unspecified atom stereocenters. The minimum absolute atomic E-state index is 0.191. The van der Waals surface area contributed by atoms with Gasteiger partial charge >= 0.3 is 0 Å². The van der Waals surface area contributed by atoms with Crippen molar-refractivity contribution in [1.29, 1.82) is 0 Å². The van der Waals surface area contributed by atoms with Gasteiger partial charge in [0.2, 0.25) is 0 Å². The van der Waals surface area contributed by atoms with Crippen LogP contribution in [-0.4, -0.2) is 15.0 Å². The van der Waals surface area contributed by atoms with Gasteiger partial charge in [0.15, 0.2) is 5.52 Å². The van der Waals surface area contributed by atoms with E-state index in [2.05, 4.69) is 15.0 Å². The molecule has 16 heavy (non-hydrogen) atoms. The average molecular weight is 221 g/mol. The zero-order chi connectivity index (χ0) is 12.6. The van der Waals surface area contributed by atoms with Gasteiger partial charge in [-0.2, -0.15) is 0 Å². The highest BCUT2D eigenvalue weighted by Gasteiger charge is 2.00. The largest absolute Gasteiger partial charge is 0.311 e. The number of rotatable bonds is 0. The monoisotopic (exact) mass is 221 g/mol. The lowest BCUT2D eigenvalue weighted by Crippen LogP contribution is -2.08. The lowest BCUT2D eigenvalue weighted by Gasteiger charge is -1.96. The number of nitrogens with zero attached hydrogens (tertiary/aromatic N) is 2. The highest BCUT2D eigenvalue weighted by Crippen LogP contribution is 2.06. The topological polar surface area (TPSA) is 58.6 Å². The second-order valence-corrected chi connectivity index (χ2v) is 2.56. The molecule has 2 rings (SSSR count). The maximum absolute atomic E-state index is 11.2. The minimum atomic E-state index is -0.191. The van der Waals surface area contributed by atoms with Gasteiger partial charge in [-0.05, 0) is 18.6 Å². The number of nitrogens with one attached hydrogen (secondary N) is 1. The third kappa shape index (κ3) is 3.15. The van der Waals surface area contributed by atoms with Crippen LogP contribution in [0.3, 0.4) is 0 Å². The zero-order valence-corrected chi connectivity index (χ0v) is 10.5. The summed E-state index contributed by atoms with van der Waals surface area (Å²) >= 11 is 0. The molecule has 0 aliphatic rings. The van der Waals surface area contributed by atoms with Gasteiger partial charge in [-0.15, -0.1) is 0 Å². The van der Waals surface area contributed by atoms with Crippen LogP contribution in [0.2, 0.25) is 0 Å². The van der Waals surface area contributed by atoms with E-state index in [0.717, 1.165) is 5.56 Å². The number of aromatic amines is 1. The molecule has 0 atom stereocenters. The lowest BCUT2D eigenvalue weighted by molar-refractivity contribution is 1.14. The molecule has 1 N–H and O–H groups in total. The smallest absolute Gasteiger partial charge is 0.277 e. The van der Waals surface area contributed by atoms with Gasteiger partial charge in [0.25, 0.3) is 5.56 Å². The van der Waals surface area contributed by atoms with Crippen LogP contribution in [-0.2, 0) is 0 Å². The summed E-state index contributed by atoms with van der Waals surface area (Å²) in [6.07, 6.45) is 2.99. The van der Waals surface area contributed by atoms with E-state index >= 15 is 0 Å². The molecule has 2 aromatic rings. The predicted octanol–water partition coefficient (Wildman–Crippen LogP) is 2.68. The molecule has 0 bridgehead atoms. The van der Waals surface area contributed by atoms with E-state index in [1.807, 2.05) is 40.7 Å². The molecule has 0 spiro atoms. The van der Waals surface area contributed by atoms with Gasteiger partial charge in [0.1, 0.15) is 0 Å². The Hall–Kier alpha value is -1.71. The summed E-state index contributed by atoms with van der Waals surface area (Å²) in [6, 6.07) is 1.83. The molecule has 0 fully saturated rings. The first-order valence-electron chi connectivity index (χ1n) is 5.58. The third-order valence-electron chi connectivity index (χ3n) is 1.73. The van der Waals surface area contributed by atoms with Crippen molar-refractivity contribution in [2.45, 2.75) is 34.6 Å². The molecule has 4 heteroatoms. The number of pyridine rings is 1. The predicted molar refractivity (Wildman–Crippen MR) is 67.6 cm³/mol. The van der Waals surface area contributed by atoms with Crippen LogP contribution >= 0.6 is 0 Å². The molecule has 88 valence electrons. The fourth-order valence-electron chi connectivity index (χ4n) is 1.10. The standard InChI is InChI=1S/C8H7N3O.2C2H6/c1-5-2-3-9-7-6(5)10-4-11-8(7)12;2*1-2/h2-4H,1H3,(H,10,11,12);2*1-2H3. The van der Waals surface area contributed by atoms with Crippen molar-refractivity contribution in [3.8, 4) is 0 Å². The molecule has 0 amide bonds. The van der Waals surface area contributed by atoms with Crippen LogP contribution in [0.4, 0.5) is 0 Å². The highest BCUT2D eigenvalue weighted by atomic mass is 16.1. The molecule has 0 aliphatic carbocycles. The Balaban J connectivity index is 0.000000509. The minimum Gasteiger partial charge on any atom is -0.311 e. The van der Waals surface area contributed by atoms with Crippen molar-refractivity contribution < 1.29 is 0 Å². The van der Waals surface area contributed by atoms with Crippen molar-refractivity contribution in [3.63, 3.8) is 0 Å². The Labute approximate surface area is 95.8 Å². The van der Waals surface area contributed by atoms with Gasteiger partial charge in [-0.1, -0.05) is 27.7 Å². The highest BCUT2D eigenvalue weighted by molar-refractivity contribution is 5.75. The molecule has 0 aliphatic heterocycles. The SMILES string of the molecule is CC.CC.Cc1ccnc2c(=O)[nH]cnc12. The van der Waals surface area contributed by atoms with Crippen LogP contribution in [0, 0.1) is 6.92 Å². The first-order chi connectivity index (χ1) is 7.79. The Morgan fingerprint density at radius 3 is 2.25 bits per heavy atom. The van der Waals surface area contributed by atoms with Crippen molar-refractivity contribution in [1.82, 2.24) is 15.0 Å². The third-order valence-corrected chi connectivity index (χ3v) is 1.73. The van der Waals surface area contributed by atoms with Gasteiger partial charge in [0.05, 0.1) is 11.8 Å². The first kappa shape index (κ1) is 14.3. The molecule has 0 saturated carbocycles. The van der Waals surface area contributed by atoms with Gasteiger partial charge in [0, 0.05) is 6.20 Å². The van der Waals surface area contributed by atoms with Crippen LogP contribution < -0.4 is 5.56 Å². The van der Waals surface area contributed by atoms with Crippen LogP contribution in [0.1, 0.15) is 33.3 Å². The van der Waals surface area contributed by atoms with E-state index in [-0.39, 0.29) is 5.56 Å². The van der Waals surface area contributed by atoms with Crippen molar-refractivity contribution in [3.05, 3.63) is 34.5 Å². The molecule has 2 heterocycles. The van der Waals surface area contributed by atoms with E-state index in [1.165, 1.54) is 6.33 Å². The van der Waals surface area contributed by atoms with Crippen LogP contribution in [0.25, 0.3) is 11.0 Å². The molecule has 0 saturated heterocycles. The maximum atomic E-state index is 11.2. The molecule has 2 aromatic heterocycles. The normalized spacial score (nSPS) is 8.56. The summed E-state index contributed by atoms with van der Waals surface area (Å²) < 4.78 is 0. The van der Waals surface area contributed by atoms with E-state index in [1.54, 1.807) is 6.20 Å². The number of fused-ring (bicyclic) bond motifs is 1. The Kier molecular flexibility index (Phi) is 6.76. The fourth-order valence-corrected chi connectivity index (χ4v) is 1.10. The number of H-pyrrole nitrogens is 1. The number of hydrogen-bond acceptors (Lipinski definition) is 3. The lowest BCUT2D eigenvalue weighted by atomic mass is 10.2. The van der Waals surface area contributed by atoms with Crippen molar-refractivity contribution in [2.24, 2.45) is 0 Å². The summed E-state index contributed by atoms with van der Waals surface area (Å²) in [6.45, 7) is 9.90. The molecular formula is C12H19N3O. The summed E-state index contributed by atoms with van der Waals surface area (Å²) in [5, 5.41) is 0. The maximum Gasteiger partial charge on any atom is 0.277 e. The van der Waals surface area contributed by atoms with E-state index in [4.69, 9.17) is 0 Å². The molecular weight excluding hydrogens is 202 g/mol. The van der Waals surface area contributed by atoms with E-state index in [0.29, 0.717) is 11.0 Å². The Morgan fingerprint density at radius 2 is 1.69 bits per heavy atom. The number of hydrogen-bond donors (Lipinski definition) is 1. The number of aryl methyl sites for hydroxylation is 1. The second-order valence-electron chi connectivity index (χ2n) is 2.56. The van der Waals surface area contributed by atoms with Gasteiger partial charge in [-0.3, -0.25) is 4.79 Å². The molecule has 0 aromatic carbocycles. The average Bonchev–Trinajstić information content (AvgIpc) is 2.36. The summed E-state index contributed by atoms with van der Waals surface area (Å²) in [4.78, 5) is 21.6. The Bertz CT molecular complexity index is 477. The van der Waals surface area contributed by atoms with Crippen molar-refractivity contribution in [2.75, 3.05) is 0 Å². The second kappa shape index (κ2) is 7.56. The fraction of sp³-hybridized carbons (Fsp3) is 0.417. The van der Waals surface area contributed by atoms with Gasteiger partial charge in [-0.25, -0.2) is 9.97 Å². The first-order valence-corrected chi connectivity index (χ1v) is 5.58. The molecule has 0 radical (unpaired) electrons. The van der Waals surface area contributed by atoms with Gasteiger partial charge < -0.3 is 4.98 Å². The summed E-state index contributed by atoms with van der Waals surface area (Å²) in [5.41, 5.74) is 1.84.